The minimum Gasteiger partial charge on any atom is -0.481 e. The molecule has 0 aliphatic rings. The molecule has 0 radical (unpaired) electrons. The number of rotatable bonds is 11. The molecule has 1 heterocycles. The van der Waals surface area contributed by atoms with Crippen LogP contribution in [0.15, 0.2) is 59.3 Å². The summed E-state index contributed by atoms with van der Waals surface area (Å²) >= 11 is 6.00. The lowest BCUT2D eigenvalue weighted by atomic mass is 9.82. The fourth-order valence-corrected chi connectivity index (χ4v) is 3.83. The maximum absolute atomic E-state index is 14.2. The summed E-state index contributed by atoms with van der Waals surface area (Å²) in [5, 5.41) is 13.1. The summed E-state index contributed by atoms with van der Waals surface area (Å²) in [7, 11) is 0. The van der Waals surface area contributed by atoms with Gasteiger partial charge in [0, 0.05) is 23.2 Å². The van der Waals surface area contributed by atoms with E-state index in [1.165, 1.54) is 24.6 Å². The molecule has 34 heavy (non-hydrogen) atoms. The number of carboxylic acid groups (broad SMARTS) is 1. The number of carbonyl (C=O) groups excluding carboxylic acids is 1. The lowest BCUT2D eigenvalue weighted by molar-refractivity contribution is -0.152. The second-order valence-corrected chi connectivity index (χ2v) is 8.68. The molecule has 1 aromatic heterocycles. The molecule has 180 valence electrons. The SMILES string of the molecule is CCOC[C@](C)(C[C@@H](Cc1ccc(-c2cc(Cl)ccc2F)cc1)NC(=O)c1ncco1)C(=O)O. The van der Waals surface area contributed by atoms with E-state index in [2.05, 4.69) is 10.3 Å². The van der Waals surface area contributed by atoms with E-state index in [-0.39, 0.29) is 24.7 Å². The van der Waals surface area contributed by atoms with Crippen LogP contribution >= 0.6 is 11.6 Å². The third-order valence-corrected chi connectivity index (χ3v) is 5.71. The van der Waals surface area contributed by atoms with Crippen LogP contribution in [0.4, 0.5) is 4.39 Å². The van der Waals surface area contributed by atoms with Gasteiger partial charge in [-0.3, -0.25) is 9.59 Å². The maximum Gasteiger partial charge on any atom is 0.311 e. The number of benzene rings is 2. The molecule has 9 heteroatoms. The summed E-state index contributed by atoms with van der Waals surface area (Å²) in [5.74, 6) is -2.07. The first kappa shape index (κ1) is 25.4. The Hall–Kier alpha value is -3.23. The van der Waals surface area contributed by atoms with Crippen molar-refractivity contribution >= 4 is 23.5 Å². The molecule has 0 spiro atoms. The summed E-state index contributed by atoms with van der Waals surface area (Å²) in [5.41, 5.74) is 0.626. The molecule has 2 aromatic carbocycles. The molecule has 2 atom stereocenters. The predicted molar refractivity (Wildman–Crippen MR) is 125 cm³/mol. The Labute approximate surface area is 201 Å². The van der Waals surface area contributed by atoms with Crippen LogP contribution in [0, 0.1) is 11.2 Å². The van der Waals surface area contributed by atoms with Gasteiger partial charge in [0.2, 0.25) is 0 Å². The lowest BCUT2D eigenvalue weighted by Gasteiger charge is -2.30. The smallest absolute Gasteiger partial charge is 0.311 e. The number of halogens is 2. The van der Waals surface area contributed by atoms with Gasteiger partial charge < -0.3 is 19.6 Å². The largest absolute Gasteiger partial charge is 0.481 e. The molecule has 0 aliphatic carbocycles. The number of hydrogen-bond donors (Lipinski definition) is 2. The number of oxazole rings is 1. The molecule has 0 aliphatic heterocycles. The number of carboxylic acids is 1. The average Bonchev–Trinajstić information content (AvgIpc) is 3.35. The number of nitrogens with zero attached hydrogens (tertiary/aromatic N) is 1. The van der Waals surface area contributed by atoms with Crippen LogP contribution in [0.25, 0.3) is 11.1 Å². The summed E-state index contributed by atoms with van der Waals surface area (Å²) < 4.78 is 24.7. The molecule has 3 rings (SSSR count). The highest BCUT2D eigenvalue weighted by Gasteiger charge is 2.37. The second-order valence-electron chi connectivity index (χ2n) is 8.24. The van der Waals surface area contributed by atoms with Gasteiger partial charge in [0.15, 0.2) is 0 Å². The Balaban J connectivity index is 1.83. The van der Waals surface area contributed by atoms with Gasteiger partial charge in [0.05, 0.1) is 18.2 Å². The Morgan fingerprint density at radius 2 is 2.00 bits per heavy atom. The summed E-state index contributed by atoms with van der Waals surface area (Å²) in [4.78, 5) is 28.5. The van der Waals surface area contributed by atoms with Gasteiger partial charge in [0.1, 0.15) is 12.1 Å². The molecule has 1 amide bonds. The van der Waals surface area contributed by atoms with Crippen molar-refractivity contribution in [2.75, 3.05) is 13.2 Å². The van der Waals surface area contributed by atoms with Crippen LogP contribution in [0.2, 0.25) is 5.02 Å². The zero-order chi connectivity index (χ0) is 24.7. The quantitative estimate of drug-likeness (QED) is 0.394. The number of nitrogens with one attached hydrogen (secondary N) is 1. The van der Waals surface area contributed by atoms with Crippen LogP contribution < -0.4 is 5.32 Å². The van der Waals surface area contributed by atoms with Gasteiger partial charge in [0.25, 0.3) is 5.89 Å². The fourth-order valence-electron chi connectivity index (χ4n) is 3.66. The van der Waals surface area contributed by atoms with Gasteiger partial charge in [-0.25, -0.2) is 9.37 Å². The molecule has 3 aromatic rings. The number of hydrogen-bond acceptors (Lipinski definition) is 5. The van der Waals surface area contributed by atoms with Crippen molar-refractivity contribution in [1.29, 1.82) is 0 Å². The van der Waals surface area contributed by atoms with Crippen molar-refractivity contribution in [1.82, 2.24) is 10.3 Å². The molecular weight excluding hydrogens is 463 g/mol. The van der Waals surface area contributed by atoms with Gasteiger partial charge in [-0.1, -0.05) is 35.9 Å². The summed E-state index contributed by atoms with van der Waals surface area (Å²) in [6.07, 6.45) is 3.08. The van der Waals surface area contributed by atoms with Crippen molar-refractivity contribution in [3.05, 3.63) is 77.2 Å². The third-order valence-electron chi connectivity index (χ3n) is 5.48. The molecule has 0 bridgehead atoms. The molecule has 2 N–H and O–H groups in total. The highest BCUT2D eigenvalue weighted by Crippen LogP contribution is 2.29. The van der Waals surface area contributed by atoms with Gasteiger partial charge in [-0.15, -0.1) is 0 Å². The highest BCUT2D eigenvalue weighted by atomic mass is 35.5. The standard InChI is InChI=1S/C25H26ClFN2O5/c1-3-33-15-25(2,24(31)32)14-19(29-22(30)23-28-10-11-34-23)12-16-4-6-17(7-5-16)20-13-18(26)8-9-21(20)27/h4-11,13,19H,3,12,14-15H2,1-2H3,(H,29,30)(H,31,32)/t19-,25+/m1/s1. The van der Waals surface area contributed by atoms with Crippen LogP contribution in [0.3, 0.4) is 0 Å². The highest BCUT2D eigenvalue weighted by molar-refractivity contribution is 6.30. The first-order chi connectivity index (χ1) is 16.2. The lowest BCUT2D eigenvalue weighted by Crippen LogP contribution is -2.44. The number of carbonyl (C=O) groups is 2. The van der Waals surface area contributed by atoms with Crippen molar-refractivity contribution < 1.29 is 28.2 Å². The van der Waals surface area contributed by atoms with Crippen molar-refractivity contribution in [2.24, 2.45) is 5.41 Å². The monoisotopic (exact) mass is 488 g/mol. The Morgan fingerprint density at radius 1 is 1.26 bits per heavy atom. The zero-order valence-corrected chi connectivity index (χ0v) is 19.6. The van der Waals surface area contributed by atoms with E-state index < -0.39 is 23.3 Å². The Kier molecular flexibility index (Phi) is 8.41. The van der Waals surface area contributed by atoms with Gasteiger partial charge >= 0.3 is 11.9 Å². The van der Waals surface area contributed by atoms with E-state index in [0.29, 0.717) is 29.2 Å². The number of aliphatic carboxylic acids is 1. The first-order valence-electron chi connectivity index (χ1n) is 10.8. The van der Waals surface area contributed by atoms with E-state index in [1.807, 2.05) is 0 Å². The van der Waals surface area contributed by atoms with Crippen LogP contribution in [-0.2, 0) is 16.0 Å². The Bertz CT molecular complexity index is 1120. The van der Waals surface area contributed by atoms with E-state index >= 15 is 0 Å². The minimum absolute atomic E-state index is 0.00279. The number of amides is 1. The average molecular weight is 489 g/mol. The Morgan fingerprint density at radius 3 is 2.62 bits per heavy atom. The van der Waals surface area contributed by atoms with E-state index in [9.17, 15) is 19.1 Å². The van der Waals surface area contributed by atoms with Crippen molar-refractivity contribution in [3.8, 4) is 11.1 Å². The normalized spacial score (nSPS) is 13.8. The maximum atomic E-state index is 14.2. The van der Waals surface area contributed by atoms with Crippen LogP contribution in [-0.4, -0.2) is 41.2 Å². The second kappa shape index (κ2) is 11.3. The van der Waals surface area contributed by atoms with Crippen molar-refractivity contribution in [3.63, 3.8) is 0 Å². The summed E-state index contributed by atoms with van der Waals surface area (Å²) in [6.45, 7) is 3.74. The number of aromatic nitrogens is 1. The van der Waals surface area contributed by atoms with Crippen LogP contribution in [0.1, 0.15) is 36.5 Å². The van der Waals surface area contributed by atoms with E-state index in [0.717, 1.165) is 5.56 Å². The molecule has 7 nitrogen and oxygen atoms in total. The van der Waals surface area contributed by atoms with Gasteiger partial charge in [-0.05, 0) is 56.0 Å². The van der Waals surface area contributed by atoms with E-state index in [1.54, 1.807) is 44.2 Å². The molecular formula is C25H26ClFN2O5. The molecule has 0 fully saturated rings. The zero-order valence-electron chi connectivity index (χ0n) is 18.9. The van der Waals surface area contributed by atoms with Crippen molar-refractivity contribution in [2.45, 2.75) is 32.7 Å². The predicted octanol–water partition coefficient (Wildman–Crippen LogP) is 4.99. The third kappa shape index (κ3) is 6.42. The fraction of sp³-hybridized carbons (Fsp3) is 0.320. The first-order valence-corrected chi connectivity index (χ1v) is 11.2. The van der Waals surface area contributed by atoms with Gasteiger partial charge in [-0.2, -0.15) is 0 Å². The molecule has 0 unspecified atom stereocenters. The molecule has 0 saturated heterocycles. The number of ether oxygens (including phenoxy) is 1. The minimum atomic E-state index is -1.23. The molecule has 0 saturated carbocycles. The topological polar surface area (TPSA) is 102 Å². The summed E-state index contributed by atoms with van der Waals surface area (Å²) in [6, 6.07) is 10.9. The van der Waals surface area contributed by atoms with Crippen LogP contribution in [0.5, 0.6) is 0 Å². The van der Waals surface area contributed by atoms with E-state index in [4.69, 9.17) is 20.8 Å².